The molecule has 0 radical (unpaired) electrons. The van der Waals surface area contributed by atoms with E-state index < -0.39 is 21.8 Å². The summed E-state index contributed by atoms with van der Waals surface area (Å²) in [6, 6.07) is 11.9. The van der Waals surface area contributed by atoms with Gasteiger partial charge < -0.3 is 5.73 Å². The van der Waals surface area contributed by atoms with Gasteiger partial charge >= 0.3 is 0 Å². The molecule has 0 saturated heterocycles. The lowest BCUT2D eigenvalue weighted by Gasteiger charge is -2.38. The average molecular weight is 358 g/mol. The number of carbonyl (C=O) groups is 1. The van der Waals surface area contributed by atoms with Crippen LogP contribution < -0.4 is 10.0 Å². The molecule has 0 spiro atoms. The van der Waals surface area contributed by atoms with Crippen LogP contribution in [0.5, 0.6) is 0 Å². The summed E-state index contributed by atoms with van der Waals surface area (Å²) in [5, 5.41) is 0. The highest BCUT2D eigenvalue weighted by atomic mass is 32.2. The Morgan fingerprint density at radius 1 is 1.12 bits per heavy atom. The lowest BCUT2D eigenvalue weighted by molar-refractivity contribution is -0.119. The Morgan fingerprint density at radius 3 is 2.44 bits per heavy atom. The summed E-state index contributed by atoms with van der Waals surface area (Å²) < 4.78 is 28.0. The Morgan fingerprint density at radius 2 is 1.80 bits per heavy atom. The number of hydrogen-bond donors (Lipinski definition) is 1. The molecule has 6 heteroatoms. The highest BCUT2D eigenvalue weighted by molar-refractivity contribution is 7.92. The van der Waals surface area contributed by atoms with Crippen molar-refractivity contribution in [3.63, 3.8) is 0 Å². The van der Waals surface area contributed by atoms with Gasteiger partial charge in [0, 0.05) is 6.04 Å². The van der Waals surface area contributed by atoms with E-state index in [4.69, 9.17) is 5.73 Å². The zero-order valence-corrected chi connectivity index (χ0v) is 15.4. The highest BCUT2D eigenvalue weighted by Gasteiger charge is 2.39. The first kappa shape index (κ1) is 17.5. The third-order valence-electron chi connectivity index (χ3n) is 4.91. The molecule has 0 aliphatic carbocycles. The van der Waals surface area contributed by atoms with Crippen molar-refractivity contribution < 1.29 is 13.2 Å². The Kier molecular flexibility index (Phi) is 4.33. The Bertz CT molecular complexity index is 937. The number of rotatable bonds is 3. The molecule has 1 aliphatic rings. The average Bonchev–Trinajstić information content (AvgIpc) is 2.56. The molecule has 2 aromatic rings. The second kappa shape index (κ2) is 6.19. The van der Waals surface area contributed by atoms with Crippen molar-refractivity contribution in [2.45, 2.75) is 44.0 Å². The molecule has 0 fully saturated rings. The summed E-state index contributed by atoms with van der Waals surface area (Å²) in [6.07, 6.45) is 0.371. The first-order valence-corrected chi connectivity index (χ1v) is 9.67. The van der Waals surface area contributed by atoms with Crippen LogP contribution in [0.4, 0.5) is 5.69 Å². The van der Waals surface area contributed by atoms with Crippen molar-refractivity contribution in [3.05, 3.63) is 59.2 Å². The smallest absolute Gasteiger partial charge is 0.264 e. The third-order valence-corrected chi connectivity index (χ3v) is 6.83. The summed E-state index contributed by atoms with van der Waals surface area (Å²) in [7, 11) is -3.73. The van der Waals surface area contributed by atoms with Gasteiger partial charge in [0.2, 0.25) is 5.91 Å². The summed E-state index contributed by atoms with van der Waals surface area (Å²) in [5.41, 5.74) is 8.70. The van der Waals surface area contributed by atoms with Gasteiger partial charge in [0.15, 0.2) is 0 Å². The van der Waals surface area contributed by atoms with Crippen LogP contribution in [0.2, 0.25) is 0 Å². The van der Waals surface area contributed by atoms with Crippen LogP contribution >= 0.6 is 0 Å². The van der Waals surface area contributed by atoms with Crippen molar-refractivity contribution in [1.29, 1.82) is 0 Å². The molecule has 3 rings (SSSR count). The molecule has 132 valence electrons. The van der Waals surface area contributed by atoms with E-state index in [2.05, 4.69) is 0 Å². The zero-order chi connectivity index (χ0) is 18.4. The molecular formula is C19H22N2O3S. The molecule has 5 nitrogen and oxygen atoms in total. The van der Waals surface area contributed by atoms with Gasteiger partial charge in [-0.05, 0) is 62.1 Å². The van der Waals surface area contributed by atoms with Crippen molar-refractivity contribution in [2.24, 2.45) is 5.73 Å². The second-order valence-corrected chi connectivity index (χ2v) is 8.46. The van der Waals surface area contributed by atoms with Gasteiger partial charge in [0.1, 0.15) is 0 Å². The number of sulfonamides is 1. The van der Waals surface area contributed by atoms with Crippen molar-refractivity contribution in [3.8, 4) is 0 Å². The summed E-state index contributed by atoms with van der Waals surface area (Å²) in [4.78, 5) is 12.1. The molecule has 25 heavy (non-hydrogen) atoms. The van der Waals surface area contributed by atoms with Crippen LogP contribution in [0.15, 0.2) is 47.4 Å². The number of primary amides is 1. The SMILES string of the molecule is Cc1ccc(S(=O)(=O)N2c3ccccc3[C@H](C(N)=O)C[C@H]2C)cc1C. The molecule has 1 heterocycles. The number of benzene rings is 2. The lowest BCUT2D eigenvalue weighted by Crippen LogP contribution is -2.45. The molecule has 0 saturated carbocycles. The van der Waals surface area contributed by atoms with Gasteiger partial charge in [0.05, 0.1) is 16.5 Å². The number of amides is 1. The molecule has 1 amide bonds. The van der Waals surface area contributed by atoms with Crippen molar-refractivity contribution in [2.75, 3.05) is 4.31 Å². The van der Waals surface area contributed by atoms with Gasteiger partial charge in [-0.3, -0.25) is 9.10 Å². The topological polar surface area (TPSA) is 80.5 Å². The van der Waals surface area contributed by atoms with E-state index in [0.717, 1.165) is 11.1 Å². The molecule has 0 aromatic heterocycles. The second-order valence-electron chi connectivity index (χ2n) is 6.65. The number of para-hydroxylation sites is 1. The monoisotopic (exact) mass is 358 g/mol. The maximum absolute atomic E-state index is 13.3. The number of fused-ring (bicyclic) bond motifs is 1. The van der Waals surface area contributed by atoms with Crippen LogP contribution in [-0.2, 0) is 14.8 Å². The quantitative estimate of drug-likeness (QED) is 0.916. The number of carbonyl (C=O) groups excluding carboxylic acids is 1. The van der Waals surface area contributed by atoms with Crippen LogP contribution in [0.25, 0.3) is 0 Å². The number of anilines is 1. The fourth-order valence-electron chi connectivity index (χ4n) is 3.41. The van der Waals surface area contributed by atoms with E-state index in [1.165, 1.54) is 4.31 Å². The normalized spacial score (nSPS) is 20.2. The Labute approximate surface area is 148 Å². The minimum absolute atomic E-state index is 0.259. The van der Waals surface area contributed by atoms with Gasteiger partial charge in [0.25, 0.3) is 10.0 Å². The standard InChI is InChI=1S/C19H22N2O3S/c1-12-8-9-15(10-13(12)2)25(23,24)21-14(3)11-17(19(20)22)16-6-4-5-7-18(16)21/h4-10,14,17H,11H2,1-3H3,(H2,20,22)/t14-,17-/m1/s1. The fourth-order valence-corrected chi connectivity index (χ4v) is 5.19. The molecule has 2 N–H and O–H groups in total. The fraction of sp³-hybridized carbons (Fsp3) is 0.316. The third kappa shape index (κ3) is 2.91. The minimum Gasteiger partial charge on any atom is -0.369 e. The lowest BCUT2D eigenvalue weighted by atomic mass is 9.87. The van der Waals surface area contributed by atoms with E-state index in [0.29, 0.717) is 17.7 Å². The number of aryl methyl sites for hydroxylation is 2. The Hall–Kier alpha value is -2.34. The molecule has 2 atom stereocenters. The molecule has 0 unspecified atom stereocenters. The van der Waals surface area contributed by atoms with Crippen molar-refractivity contribution in [1.82, 2.24) is 0 Å². The van der Waals surface area contributed by atoms with Crippen LogP contribution in [-0.4, -0.2) is 20.4 Å². The number of nitrogens with zero attached hydrogens (tertiary/aromatic N) is 1. The summed E-state index contributed by atoms with van der Waals surface area (Å²) in [5.74, 6) is -0.903. The minimum atomic E-state index is -3.73. The van der Waals surface area contributed by atoms with E-state index in [-0.39, 0.29) is 10.9 Å². The predicted octanol–water partition coefficient (Wildman–Crippen LogP) is 2.86. The molecule has 2 aromatic carbocycles. The van der Waals surface area contributed by atoms with Crippen molar-refractivity contribution >= 4 is 21.6 Å². The van der Waals surface area contributed by atoms with Gasteiger partial charge in [-0.25, -0.2) is 8.42 Å². The highest BCUT2D eigenvalue weighted by Crippen LogP contribution is 2.41. The maximum atomic E-state index is 13.3. The van der Waals surface area contributed by atoms with Gasteiger partial charge in [-0.1, -0.05) is 24.3 Å². The number of hydrogen-bond acceptors (Lipinski definition) is 3. The maximum Gasteiger partial charge on any atom is 0.264 e. The van der Waals surface area contributed by atoms with E-state index >= 15 is 0 Å². The van der Waals surface area contributed by atoms with Crippen LogP contribution in [0, 0.1) is 13.8 Å². The summed E-state index contributed by atoms with van der Waals surface area (Å²) in [6.45, 7) is 5.65. The Balaban J connectivity index is 2.16. The predicted molar refractivity (Wildman–Crippen MR) is 98.0 cm³/mol. The molecule has 0 bridgehead atoms. The first-order valence-electron chi connectivity index (χ1n) is 8.23. The van der Waals surface area contributed by atoms with E-state index in [1.54, 1.807) is 36.4 Å². The molecule has 1 aliphatic heterocycles. The zero-order valence-electron chi connectivity index (χ0n) is 14.6. The number of nitrogens with two attached hydrogens (primary N) is 1. The van der Waals surface area contributed by atoms with Gasteiger partial charge in [-0.2, -0.15) is 0 Å². The largest absolute Gasteiger partial charge is 0.369 e. The van der Waals surface area contributed by atoms with E-state index in [9.17, 15) is 13.2 Å². The van der Waals surface area contributed by atoms with Crippen LogP contribution in [0.3, 0.4) is 0 Å². The van der Waals surface area contributed by atoms with Gasteiger partial charge in [-0.15, -0.1) is 0 Å². The summed E-state index contributed by atoms with van der Waals surface area (Å²) >= 11 is 0. The molecular weight excluding hydrogens is 336 g/mol. The first-order chi connectivity index (χ1) is 11.7. The van der Waals surface area contributed by atoms with E-state index in [1.807, 2.05) is 26.8 Å². The van der Waals surface area contributed by atoms with Crippen LogP contribution in [0.1, 0.15) is 36.0 Å².